The molecule has 0 amide bonds. The third-order valence-electron chi connectivity index (χ3n) is 5.26. The highest BCUT2D eigenvalue weighted by molar-refractivity contribution is 5.42. The molecule has 0 aliphatic heterocycles. The summed E-state index contributed by atoms with van der Waals surface area (Å²) >= 11 is 0. The van der Waals surface area contributed by atoms with Crippen molar-refractivity contribution in [2.45, 2.75) is 117 Å². The molecule has 0 fully saturated rings. The molecule has 0 unspecified atom stereocenters. The van der Waals surface area contributed by atoms with Gasteiger partial charge in [-0.25, -0.2) is 0 Å². The normalized spacial score (nSPS) is 11.0. The van der Waals surface area contributed by atoms with Gasteiger partial charge in [0.25, 0.3) is 0 Å². The molecule has 1 aromatic heterocycles. The molecule has 3 N–H and O–H groups in total. The Labute approximate surface area is 179 Å². The smallest absolute Gasteiger partial charge is 0.225 e. The van der Waals surface area contributed by atoms with Crippen molar-refractivity contribution in [2.24, 2.45) is 0 Å². The summed E-state index contributed by atoms with van der Waals surface area (Å²) in [5, 5.41) is 3.34. The Balaban J connectivity index is 1.89. The molecule has 0 saturated carbocycles. The topological polar surface area (TPSA) is 73.1 Å². The Kier molecular flexibility index (Phi) is 16.3. The minimum absolute atomic E-state index is 0.262. The number of unbranched alkanes of at least 4 members (excludes halogenated alkanes) is 14. The van der Waals surface area contributed by atoms with Crippen molar-refractivity contribution in [3.63, 3.8) is 0 Å². The third-order valence-corrected chi connectivity index (χ3v) is 5.26. The van der Waals surface area contributed by atoms with Crippen LogP contribution >= 0.6 is 0 Å². The van der Waals surface area contributed by atoms with Gasteiger partial charge in [0.1, 0.15) is 5.82 Å². The maximum Gasteiger partial charge on any atom is 0.225 e. The van der Waals surface area contributed by atoms with Crippen molar-refractivity contribution < 1.29 is 4.74 Å². The quantitative estimate of drug-likeness (QED) is 0.225. The molecule has 0 saturated heterocycles. The van der Waals surface area contributed by atoms with E-state index in [-0.39, 0.29) is 5.95 Å². The monoisotopic (exact) mass is 406 g/mol. The molecule has 0 radical (unpaired) electrons. The average molecular weight is 407 g/mol. The zero-order valence-electron chi connectivity index (χ0n) is 19.2. The van der Waals surface area contributed by atoms with Crippen molar-refractivity contribution in [1.82, 2.24) is 9.97 Å². The van der Waals surface area contributed by atoms with E-state index in [2.05, 4.69) is 29.1 Å². The van der Waals surface area contributed by atoms with Gasteiger partial charge in [0, 0.05) is 12.6 Å². The predicted molar refractivity (Wildman–Crippen MR) is 126 cm³/mol. The van der Waals surface area contributed by atoms with E-state index in [0.717, 1.165) is 25.2 Å². The number of hydrogen-bond acceptors (Lipinski definition) is 5. The summed E-state index contributed by atoms with van der Waals surface area (Å²) in [6.45, 7) is 5.92. The molecule has 0 aliphatic rings. The molecule has 29 heavy (non-hydrogen) atoms. The lowest BCUT2D eigenvalue weighted by molar-refractivity contribution is 0.305. The second-order valence-corrected chi connectivity index (χ2v) is 8.17. The second-order valence-electron chi connectivity index (χ2n) is 8.17. The van der Waals surface area contributed by atoms with Crippen LogP contribution in [0.25, 0.3) is 0 Å². The highest BCUT2D eigenvalue weighted by Gasteiger charge is 2.03. The number of nitrogens with one attached hydrogen (secondary N) is 1. The Morgan fingerprint density at radius 1 is 0.724 bits per heavy atom. The highest BCUT2D eigenvalue weighted by Crippen LogP contribution is 2.16. The van der Waals surface area contributed by atoms with Crippen LogP contribution in [0.3, 0.4) is 0 Å². The molecular weight excluding hydrogens is 360 g/mol. The molecule has 0 spiro atoms. The molecule has 5 nitrogen and oxygen atoms in total. The summed E-state index contributed by atoms with van der Waals surface area (Å²) in [4.78, 5) is 8.33. The van der Waals surface area contributed by atoms with Crippen LogP contribution in [0.1, 0.15) is 117 Å². The van der Waals surface area contributed by atoms with E-state index in [1.165, 1.54) is 89.9 Å². The van der Waals surface area contributed by atoms with Gasteiger partial charge >= 0.3 is 0 Å². The van der Waals surface area contributed by atoms with Gasteiger partial charge in [-0.3, -0.25) is 0 Å². The lowest BCUT2D eigenvalue weighted by Crippen LogP contribution is -2.07. The van der Waals surface area contributed by atoms with Gasteiger partial charge < -0.3 is 15.8 Å². The molecule has 1 heterocycles. The first-order valence-corrected chi connectivity index (χ1v) is 12.3. The van der Waals surface area contributed by atoms with Gasteiger partial charge in [0.05, 0.1) is 6.61 Å². The minimum atomic E-state index is 0.262. The number of rotatable bonds is 20. The van der Waals surface area contributed by atoms with Crippen LogP contribution in [0.2, 0.25) is 0 Å². The van der Waals surface area contributed by atoms with E-state index < -0.39 is 0 Å². The SMILES string of the molecule is CCCCCCCCCCCCCCCCCNc1cc(OCCC)nc(N)n1. The van der Waals surface area contributed by atoms with Crippen molar-refractivity contribution in [1.29, 1.82) is 0 Å². The minimum Gasteiger partial charge on any atom is -0.477 e. The van der Waals surface area contributed by atoms with Crippen LogP contribution in [0.5, 0.6) is 5.88 Å². The standard InChI is InChI=1S/C24H46N4O/c1-3-5-6-7-8-9-10-11-12-13-14-15-16-17-18-19-26-22-21-23(29-20-4-2)28-24(25)27-22/h21H,3-20H2,1-2H3,(H3,25,26,27,28). The van der Waals surface area contributed by atoms with Gasteiger partial charge in [0.15, 0.2) is 0 Å². The van der Waals surface area contributed by atoms with E-state index in [0.29, 0.717) is 12.5 Å². The summed E-state index contributed by atoms with van der Waals surface area (Å²) in [7, 11) is 0. The molecule has 0 aliphatic carbocycles. The first kappa shape index (κ1) is 25.5. The van der Waals surface area contributed by atoms with E-state index in [4.69, 9.17) is 10.5 Å². The molecule has 1 aromatic rings. The highest BCUT2D eigenvalue weighted by atomic mass is 16.5. The molecule has 0 atom stereocenters. The molecule has 5 heteroatoms. The molecule has 0 bridgehead atoms. The van der Waals surface area contributed by atoms with Crippen molar-refractivity contribution in [2.75, 3.05) is 24.2 Å². The Hall–Kier alpha value is -1.52. The molecule has 1 rings (SSSR count). The number of ether oxygens (including phenoxy) is 1. The van der Waals surface area contributed by atoms with Crippen molar-refractivity contribution >= 4 is 11.8 Å². The molecule has 0 aromatic carbocycles. The van der Waals surface area contributed by atoms with E-state index in [9.17, 15) is 0 Å². The van der Waals surface area contributed by atoms with Crippen LogP contribution < -0.4 is 15.8 Å². The number of nitrogens with zero attached hydrogens (tertiary/aromatic N) is 2. The van der Waals surface area contributed by atoms with Gasteiger partial charge in [-0.2, -0.15) is 9.97 Å². The number of nitrogens with two attached hydrogens (primary N) is 1. The summed E-state index contributed by atoms with van der Waals surface area (Å²) < 4.78 is 5.54. The Morgan fingerprint density at radius 2 is 1.24 bits per heavy atom. The van der Waals surface area contributed by atoms with Crippen LogP contribution in [0.15, 0.2) is 6.07 Å². The zero-order valence-corrected chi connectivity index (χ0v) is 19.2. The Morgan fingerprint density at radius 3 is 1.76 bits per heavy atom. The second kappa shape index (κ2) is 18.5. The fraction of sp³-hybridized carbons (Fsp3) is 0.833. The van der Waals surface area contributed by atoms with Gasteiger partial charge in [-0.1, -0.05) is 104 Å². The average Bonchev–Trinajstić information content (AvgIpc) is 2.71. The predicted octanol–water partition coefficient (Wildman–Crippen LogP) is 7.13. The lowest BCUT2D eigenvalue weighted by atomic mass is 10.0. The maximum atomic E-state index is 5.75. The summed E-state index contributed by atoms with van der Waals surface area (Å²) in [5.41, 5.74) is 5.75. The van der Waals surface area contributed by atoms with Gasteiger partial charge in [0.2, 0.25) is 11.8 Å². The summed E-state index contributed by atoms with van der Waals surface area (Å²) in [6, 6.07) is 1.83. The Bertz CT molecular complexity index is 496. The fourth-order valence-electron chi connectivity index (χ4n) is 3.53. The lowest BCUT2D eigenvalue weighted by Gasteiger charge is -2.09. The number of aromatic nitrogens is 2. The zero-order chi connectivity index (χ0) is 21.0. The van der Waals surface area contributed by atoms with E-state index >= 15 is 0 Å². The molecular formula is C24H46N4O. The van der Waals surface area contributed by atoms with E-state index in [1.807, 2.05) is 6.07 Å². The summed E-state index contributed by atoms with van der Waals surface area (Å²) in [6.07, 6.45) is 21.7. The number of nitrogen functional groups attached to an aromatic ring is 1. The van der Waals surface area contributed by atoms with E-state index in [1.54, 1.807) is 0 Å². The maximum absolute atomic E-state index is 5.75. The summed E-state index contributed by atoms with van der Waals surface area (Å²) in [5.74, 6) is 1.57. The largest absolute Gasteiger partial charge is 0.477 e. The number of hydrogen-bond donors (Lipinski definition) is 2. The van der Waals surface area contributed by atoms with Crippen LogP contribution in [-0.4, -0.2) is 23.1 Å². The first-order valence-electron chi connectivity index (χ1n) is 12.3. The van der Waals surface area contributed by atoms with Gasteiger partial charge in [-0.15, -0.1) is 0 Å². The van der Waals surface area contributed by atoms with Gasteiger partial charge in [-0.05, 0) is 12.8 Å². The fourth-order valence-corrected chi connectivity index (χ4v) is 3.53. The van der Waals surface area contributed by atoms with Crippen LogP contribution in [0.4, 0.5) is 11.8 Å². The third kappa shape index (κ3) is 15.0. The van der Waals surface area contributed by atoms with Crippen molar-refractivity contribution in [3.8, 4) is 5.88 Å². The van der Waals surface area contributed by atoms with Crippen LogP contribution in [0, 0.1) is 0 Å². The molecule has 168 valence electrons. The first-order chi connectivity index (χ1) is 14.3. The number of anilines is 2. The van der Waals surface area contributed by atoms with Crippen molar-refractivity contribution in [3.05, 3.63) is 6.07 Å². The van der Waals surface area contributed by atoms with Crippen LogP contribution in [-0.2, 0) is 0 Å².